The fourth-order valence-electron chi connectivity index (χ4n) is 2.65. The third kappa shape index (κ3) is 1.80. The van der Waals surface area contributed by atoms with Crippen LogP contribution in [-0.4, -0.2) is 16.1 Å². The molecule has 18 heavy (non-hydrogen) atoms. The summed E-state index contributed by atoms with van der Waals surface area (Å²) in [5.74, 6) is 0. The summed E-state index contributed by atoms with van der Waals surface area (Å²) in [5, 5.41) is 3.54. The molecule has 0 atom stereocenters. The van der Waals surface area contributed by atoms with Gasteiger partial charge in [-0.15, -0.1) is 0 Å². The van der Waals surface area contributed by atoms with E-state index in [9.17, 15) is 0 Å². The van der Waals surface area contributed by atoms with Crippen molar-refractivity contribution in [3.05, 3.63) is 36.3 Å². The molecule has 3 rings (SSSR count). The van der Waals surface area contributed by atoms with Crippen LogP contribution in [0.2, 0.25) is 0 Å². The van der Waals surface area contributed by atoms with E-state index in [-0.39, 0.29) is 0 Å². The van der Waals surface area contributed by atoms with E-state index < -0.39 is 0 Å². The highest BCUT2D eigenvalue weighted by molar-refractivity contribution is 5.79. The number of aryl methyl sites for hydroxylation is 1. The fourth-order valence-corrected chi connectivity index (χ4v) is 2.65. The van der Waals surface area contributed by atoms with Crippen molar-refractivity contribution in [1.29, 1.82) is 0 Å². The average Bonchev–Trinajstić information content (AvgIpc) is 2.87. The summed E-state index contributed by atoms with van der Waals surface area (Å²) in [6.07, 6.45) is 6.28. The maximum absolute atomic E-state index is 4.30. The zero-order valence-electron chi connectivity index (χ0n) is 11.0. The lowest BCUT2D eigenvalue weighted by Gasteiger charge is -2.22. The van der Waals surface area contributed by atoms with Gasteiger partial charge in [-0.05, 0) is 32.3 Å². The molecule has 2 aromatic rings. The van der Waals surface area contributed by atoms with Crippen molar-refractivity contribution in [2.45, 2.75) is 32.7 Å². The first-order chi connectivity index (χ1) is 8.77. The normalized spacial score (nSPS) is 14.4. The topological polar surface area (TPSA) is 29.9 Å². The Morgan fingerprint density at radius 1 is 1.33 bits per heavy atom. The molecule has 0 saturated carbocycles. The minimum absolute atomic E-state index is 0.432. The van der Waals surface area contributed by atoms with Crippen molar-refractivity contribution < 1.29 is 0 Å². The predicted molar refractivity (Wildman–Crippen MR) is 74.9 cm³/mol. The van der Waals surface area contributed by atoms with E-state index in [1.54, 1.807) is 0 Å². The molecule has 0 fully saturated rings. The molecule has 3 heteroatoms. The van der Waals surface area contributed by atoms with Crippen molar-refractivity contribution in [1.82, 2.24) is 9.55 Å². The number of rotatable bonds is 2. The van der Waals surface area contributed by atoms with E-state index in [4.69, 9.17) is 0 Å². The quantitative estimate of drug-likeness (QED) is 0.872. The van der Waals surface area contributed by atoms with Gasteiger partial charge in [-0.25, -0.2) is 4.98 Å². The standard InChI is InChI=1S/C15H19N3/c1-11(2)18-10-16-9-14(18)13-7-3-5-12-6-4-8-17-15(12)13/h3,5,7,9-11,17H,4,6,8H2,1-2H3. The molecule has 1 aromatic carbocycles. The fraction of sp³-hybridized carbons (Fsp3) is 0.400. The third-order valence-corrected chi connectivity index (χ3v) is 3.57. The SMILES string of the molecule is CC(C)n1cncc1-c1cccc2c1NCCC2. The second kappa shape index (κ2) is 4.48. The van der Waals surface area contributed by atoms with Crippen LogP contribution >= 0.6 is 0 Å². The molecule has 94 valence electrons. The highest BCUT2D eigenvalue weighted by atomic mass is 15.1. The van der Waals surface area contributed by atoms with E-state index in [1.807, 2.05) is 12.5 Å². The summed E-state index contributed by atoms with van der Waals surface area (Å²) < 4.78 is 2.23. The minimum Gasteiger partial charge on any atom is -0.384 e. The highest BCUT2D eigenvalue weighted by Crippen LogP contribution is 2.34. The Morgan fingerprint density at radius 3 is 3.06 bits per heavy atom. The van der Waals surface area contributed by atoms with Crippen LogP contribution in [0.4, 0.5) is 5.69 Å². The third-order valence-electron chi connectivity index (χ3n) is 3.57. The monoisotopic (exact) mass is 241 g/mol. The Bertz CT molecular complexity index is 555. The lowest BCUT2D eigenvalue weighted by molar-refractivity contribution is 0.605. The molecule has 0 aliphatic carbocycles. The van der Waals surface area contributed by atoms with Crippen LogP contribution < -0.4 is 5.32 Å². The largest absolute Gasteiger partial charge is 0.384 e. The summed E-state index contributed by atoms with van der Waals surface area (Å²) in [7, 11) is 0. The van der Waals surface area contributed by atoms with E-state index in [0.717, 1.165) is 6.54 Å². The number of imidazole rings is 1. The second-order valence-corrected chi connectivity index (χ2v) is 5.15. The maximum atomic E-state index is 4.30. The van der Waals surface area contributed by atoms with E-state index in [1.165, 1.54) is 35.3 Å². The number of hydrogen-bond acceptors (Lipinski definition) is 2. The molecule has 0 bridgehead atoms. The lowest BCUT2D eigenvalue weighted by atomic mass is 9.98. The van der Waals surface area contributed by atoms with Gasteiger partial charge in [0.25, 0.3) is 0 Å². The van der Waals surface area contributed by atoms with Crippen LogP contribution in [0.25, 0.3) is 11.3 Å². The van der Waals surface area contributed by atoms with Gasteiger partial charge >= 0.3 is 0 Å². The second-order valence-electron chi connectivity index (χ2n) is 5.15. The Balaban J connectivity index is 2.14. The van der Waals surface area contributed by atoms with E-state index in [0.29, 0.717) is 6.04 Å². The number of aromatic nitrogens is 2. The molecular weight excluding hydrogens is 222 g/mol. The predicted octanol–water partition coefficient (Wildman–Crippen LogP) is 3.49. The van der Waals surface area contributed by atoms with Crippen molar-refractivity contribution >= 4 is 5.69 Å². The molecule has 1 aliphatic rings. The van der Waals surface area contributed by atoms with Gasteiger partial charge in [-0.3, -0.25) is 0 Å². The number of fused-ring (bicyclic) bond motifs is 1. The van der Waals surface area contributed by atoms with Crippen LogP contribution in [0.1, 0.15) is 31.9 Å². The molecule has 3 nitrogen and oxygen atoms in total. The van der Waals surface area contributed by atoms with Gasteiger partial charge in [0.05, 0.1) is 18.2 Å². The zero-order chi connectivity index (χ0) is 12.5. The van der Waals surface area contributed by atoms with Gasteiger partial charge < -0.3 is 9.88 Å². The maximum Gasteiger partial charge on any atom is 0.0953 e. The van der Waals surface area contributed by atoms with Gasteiger partial charge in [0.15, 0.2) is 0 Å². The Hall–Kier alpha value is -1.77. The number of hydrogen-bond donors (Lipinski definition) is 1. The average molecular weight is 241 g/mol. The summed E-state index contributed by atoms with van der Waals surface area (Å²) in [6, 6.07) is 6.99. The molecule has 0 amide bonds. The van der Waals surface area contributed by atoms with Crippen LogP contribution in [0, 0.1) is 0 Å². The summed E-state index contributed by atoms with van der Waals surface area (Å²) in [5.41, 5.74) is 5.20. The van der Waals surface area contributed by atoms with Crippen LogP contribution in [-0.2, 0) is 6.42 Å². The smallest absolute Gasteiger partial charge is 0.0953 e. The zero-order valence-corrected chi connectivity index (χ0v) is 11.0. The molecule has 0 saturated heterocycles. The minimum atomic E-state index is 0.432. The first-order valence-corrected chi connectivity index (χ1v) is 6.65. The number of para-hydroxylation sites is 1. The van der Waals surface area contributed by atoms with Crippen molar-refractivity contribution in [2.24, 2.45) is 0 Å². The molecular formula is C15H19N3. The first-order valence-electron chi connectivity index (χ1n) is 6.65. The number of nitrogens with one attached hydrogen (secondary N) is 1. The van der Waals surface area contributed by atoms with Crippen LogP contribution in [0.15, 0.2) is 30.7 Å². The molecule has 0 spiro atoms. The summed E-state index contributed by atoms with van der Waals surface area (Å²) >= 11 is 0. The van der Waals surface area contributed by atoms with Crippen molar-refractivity contribution in [3.8, 4) is 11.3 Å². The Labute approximate surface area is 108 Å². The molecule has 2 heterocycles. The molecule has 1 aliphatic heterocycles. The Kier molecular flexibility index (Phi) is 2.82. The van der Waals surface area contributed by atoms with Gasteiger partial charge in [0.1, 0.15) is 0 Å². The van der Waals surface area contributed by atoms with Crippen molar-refractivity contribution in [2.75, 3.05) is 11.9 Å². The Morgan fingerprint density at radius 2 is 2.22 bits per heavy atom. The van der Waals surface area contributed by atoms with E-state index >= 15 is 0 Å². The molecule has 1 N–H and O–H groups in total. The number of anilines is 1. The van der Waals surface area contributed by atoms with Gasteiger partial charge in [0.2, 0.25) is 0 Å². The van der Waals surface area contributed by atoms with Crippen LogP contribution in [0.5, 0.6) is 0 Å². The van der Waals surface area contributed by atoms with Gasteiger partial charge in [-0.1, -0.05) is 18.2 Å². The highest BCUT2D eigenvalue weighted by Gasteiger charge is 2.16. The summed E-state index contributed by atoms with van der Waals surface area (Å²) in [6.45, 7) is 5.45. The van der Waals surface area contributed by atoms with E-state index in [2.05, 4.69) is 46.9 Å². The number of nitrogens with zero attached hydrogens (tertiary/aromatic N) is 2. The van der Waals surface area contributed by atoms with Crippen LogP contribution in [0.3, 0.4) is 0 Å². The molecule has 1 aromatic heterocycles. The van der Waals surface area contributed by atoms with Gasteiger partial charge in [0, 0.05) is 23.8 Å². The molecule has 0 radical (unpaired) electrons. The first kappa shape index (κ1) is 11.3. The molecule has 0 unspecified atom stereocenters. The lowest BCUT2D eigenvalue weighted by Crippen LogP contribution is -2.13. The van der Waals surface area contributed by atoms with Gasteiger partial charge in [-0.2, -0.15) is 0 Å². The summed E-state index contributed by atoms with van der Waals surface area (Å²) in [4.78, 5) is 4.30. The van der Waals surface area contributed by atoms with Crippen molar-refractivity contribution in [3.63, 3.8) is 0 Å². The number of benzene rings is 1.